The number of amides is 2. The topological polar surface area (TPSA) is 58.6 Å². The number of anilines is 1. The molecular weight excluding hydrogens is 312 g/mol. The van der Waals surface area contributed by atoms with Crippen molar-refractivity contribution in [2.45, 2.75) is 33.0 Å². The minimum Gasteiger partial charge on any atom is -0.372 e. The average molecular weight is 336 g/mol. The number of nitrogens with one attached hydrogen (secondary N) is 1. The van der Waals surface area contributed by atoms with Gasteiger partial charge in [-0.15, -0.1) is 11.8 Å². The molecule has 1 heterocycles. The quantitative estimate of drug-likeness (QED) is 0.896. The summed E-state index contributed by atoms with van der Waals surface area (Å²) in [6.07, 6.45) is 0.134. The van der Waals surface area contributed by atoms with E-state index in [9.17, 15) is 9.59 Å². The Morgan fingerprint density at radius 2 is 1.78 bits per heavy atom. The molecule has 0 spiro atoms. The number of thioether (sulfide) groups is 1. The van der Waals surface area contributed by atoms with E-state index in [2.05, 4.69) is 5.32 Å². The van der Waals surface area contributed by atoms with Crippen molar-refractivity contribution >= 4 is 29.3 Å². The molecule has 2 atom stereocenters. The van der Waals surface area contributed by atoms with Gasteiger partial charge in [0.05, 0.1) is 23.7 Å². The molecule has 0 bridgehead atoms. The maximum atomic E-state index is 12.2. The van der Waals surface area contributed by atoms with Crippen molar-refractivity contribution in [2.75, 3.05) is 29.9 Å². The molecule has 1 aliphatic heterocycles. The van der Waals surface area contributed by atoms with Crippen LogP contribution >= 0.6 is 11.8 Å². The van der Waals surface area contributed by atoms with Crippen LogP contribution < -0.4 is 5.32 Å². The van der Waals surface area contributed by atoms with E-state index in [0.29, 0.717) is 18.8 Å². The fraction of sp³-hybridized carbons (Fsp3) is 0.529. The minimum absolute atomic E-state index is 0.0672. The molecule has 1 saturated heterocycles. The summed E-state index contributed by atoms with van der Waals surface area (Å²) in [7, 11) is 0. The highest BCUT2D eigenvalue weighted by molar-refractivity contribution is 8.00. The van der Waals surface area contributed by atoms with Gasteiger partial charge < -0.3 is 15.0 Å². The smallest absolute Gasteiger partial charge is 0.234 e. The van der Waals surface area contributed by atoms with E-state index in [0.717, 1.165) is 11.3 Å². The average Bonchev–Trinajstić information content (AvgIpc) is 2.48. The lowest BCUT2D eigenvalue weighted by molar-refractivity contribution is -0.140. The van der Waals surface area contributed by atoms with E-state index in [1.165, 1.54) is 11.8 Å². The maximum Gasteiger partial charge on any atom is 0.234 e. The van der Waals surface area contributed by atoms with Crippen molar-refractivity contribution in [1.29, 1.82) is 0 Å². The van der Waals surface area contributed by atoms with Crippen LogP contribution in [0.2, 0.25) is 0 Å². The van der Waals surface area contributed by atoms with Crippen LogP contribution in [0.4, 0.5) is 5.69 Å². The number of hydrogen-bond acceptors (Lipinski definition) is 4. The second-order valence-corrected chi connectivity index (χ2v) is 6.95. The molecule has 6 heteroatoms. The molecule has 5 nitrogen and oxygen atoms in total. The van der Waals surface area contributed by atoms with Gasteiger partial charge in [0.25, 0.3) is 0 Å². The lowest BCUT2D eigenvalue weighted by atomic mass is 10.2. The number of hydrogen-bond donors (Lipinski definition) is 1. The molecule has 2 rings (SSSR count). The summed E-state index contributed by atoms with van der Waals surface area (Å²) in [5.74, 6) is 0.575. The highest BCUT2D eigenvalue weighted by Crippen LogP contribution is 2.13. The van der Waals surface area contributed by atoms with Gasteiger partial charge in [0.1, 0.15) is 0 Å². The van der Waals surface area contributed by atoms with Gasteiger partial charge in [-0.1, -0.05) is 17.7 Å². The largest absolute Gasteiger partial charge is 0.372 e. The van der Waals surface area contributed by atoms with E-state index in [1.807, 2.05) is 49.9 Å². The molecule has 1 fully saturated rings. The van der Waals surface area contributed by atoms with Crippen LogP contribution in [0.1, 0.15) is 19.4 Å². The molecule has 1 aromatic carbocycles. The molecule has 1 aromatic rings. The van der Waals surface area contributed by atoms with Crippen LogP contribution in [-0.4, -0.2) is 53.5 Å². The number of rotatable bonds is 5. The van der Waals surface area contributed by atoms with Crippen LogP contribution in [0.3, 0.4) is 0 Å². The molecule has 2 unspecified atom stereocenters. The Labute approximate surface area is 141 Å². The molecule has 2 amide bonds. The zero-order chi connectivity index (χ0) is 16.8. The second kappa shape index (κ2) is 8.36. The van der Waals surface area contributed by atoms with Crippen LogP contribution in [-0.2, 0) is 14.3 Å². The standard InChI is InChI=1S/C17H24N2O3S/c1-12-4-6-15(7-5-12)18-16(20)10-23-11-17(21)19-8-13(2)22-14(3)9-19/h4-7,13-14H,8-11H2,1-3H3,(H,18,20). The highest BCUT2D eigenvalue weighted by Gasteiger charge is 2.25. The predicted octanol–water partition coefficient (Wildman–Crippen LogP) is 2.30. The molecule has 1 N–H and O–H groups in total. The summed E-state index contributed by atoms with van der Waals surface area (Å²) in [5, 5.41) is 2.83. The number of carbonyl (C=O) groups is 2. The van der Waals surface area contributed by atoms with Crippen LogP contribution in [0.5, 0.6) is 0 Å². The maximum absolute atomic E-state index is 12.2. The third kappa shape index (κ3) is 5.88. The van der Waals surface area contributed by atoms with Gasteiger partial charge in [-0.25, -0.2) is 0 Å². The molecule has 0 radical (unpaired) electrons. The first kappa shape index (κ1) is 17.8. The Morgan fingerprint density at radius 3 is 2.39 bits per heavy atom. The Hall–Kier alpha value is -1.53. The monoisotopic (exact) mass is 336 g/mol. The summed E-state index contributed by atoms with van der Waals surface area (Å²) >= 11 is 1.34. The molecule has 126 valence electrons. The summed E-state index contributed by atoms with van der Waals surface area (Å²) in [4.78, 5) is 25.9. The van der Waals surface area contributed by atoms with E-state index in [4.69, 9.17) is 4.74 Å². The van der Waals surface area contributed by atoms with Gasteiger partial charge in [-0.3, -0.25) is 9.59 Å². The van der Waals surface area contributed by atoms with Crippen LogP contribution in [0.25, 0.3) is 0 Å². The summed E-state index contributed by atoms with van der Waals surface area (Å²) in [5.41, 5.74) is 1.93. The van der Waals surface area contributed by atoms with Gasteiger partial charge in [-0.05, 0) is 32.9 Å². The van der Waals surface area contributed by atoms with Gasteiger partial charge in [-0.2, -0.15) is 0 Å². The Bertz CT molecular complexity index is 537. The first-order valence-electron chi connectivity index (χ1n) is 7.81. The van der Waals surface area contributed by atoms with Crippen molar-refractivity contribution in [2.24, 2.45) is 0 Å². The van der Waals surface area contributed by atoms with Crippen molar-refractivity contribution in [3.63, 3.8) is 0 Å². The Balaban J connectivity index is 1.70. The first-order chi connectivity index (χ1) is 10.9. The van der Waals surface area contributed by atoms with Crippen molar-refractivity contribution in [3.05, 3.63) is 29.8 Å². The third-order valence-electron chi connectivity index (χ3n) is 3.57. The SMILES string of the molecule is Cc1ccc(NC(=O)CSCC(=O)N2CC(C)OC(C)C2)cc1. The Kier molecular flexibility index (Phi) is 6.47. The molecular formula is C17H24N2O3S. The number of morpholine rings is 1. The minimum atomic E-state index is -0.0876. The lowest BCUT2D eigenvalue weighted by Crippen LogP contribution is -2.48. The summed E-state index contributed by atoms with van der Waals surface area (Å²) in [6, 6.07) is 7.65. The van der Waals surface area contributed by atoms with Crippen LogP contribution in [0, 0.1) is 6.92 Å². The number of aryl methyl sites for hydroxylation is 1. The predicted molar refractivity (Wildman–Crippen MR) is 93.7 cm³/mol. The number of carbonyl (C=O) groups excluding carboxylic acids is 2. The fourth-order valence-electron chi connectivity index (χ4n) is 2.54. The summed E-state index contributed by atoms with van der Waals surface area (Å²) < 4.78 is 5.62. The van der Waals surface area contributed by atoms with Crippen molar-refractivity contribution in [3.8, 4) is 0 Å². The number of nitrogens with zero attached hydrogens (tertiary/aromatic N) is 1. The molecule has 23 heavy (non-hydrogen) atoms. The fourth-order valence-corrected chi connectivity index (χ4v) is 3.25. The number of ether oxygens (including phenoxy) is 1. The zero-order valence-electron chi connectivity index (χ0n) is 13.9. The zero-order valence-corrected chi connectivity index (χ0v) is 14.7. The van der Waals surface area contributed by atoms with Gasteiger partial charge in [0.2, 0.25) is 11.8 Å². The second-order valence-electron chi connectivity index (χ2n) is 5.96. The van der Waals surface area contributed by atoms with Crippen molar-refractivity contribution in [1.82, 2.24) is 4.90 Å². The molecule has 0 aromatic heterocycles. The lowest BCUT2D eigenvalue weighted by Gasteiger charge is -2.35. The van der Waals surface area contributed by atoms with Crippen LogP contribution in [0.15, 0.2) is 24.3 Å². The highest BCUT2D eigenvalue weighted by atomic mass is 32.2. The first-order valence-corrected chi connectivity index (χ1v) is 8.97. The Morgan fingerprint density at radius 1 is 1.17 bits per heavy atom. The van der Waals surface area contributed by atoms with E-state index < -0.39 is 0 Å². The van der Waals surface area contributed by atoms with Gasteiger partial charge in [0.15, 0.2) is 0 Å². The number of benzene rings is 1. The molecule has 0 aliphatic carbocycles. The summed E-state index contributed by atoms with van der Waals surface area (Å²) in [6.45, 7) is 7.19. The van der Waals surface area contributed by atoms with E-state index in [-0.39, 0.29) is 29.8 Å². The van der Waals surface area contributed by atoms with Gasteiger partial charge in [0, 0.05) is 18.8 Å². The van der Waals surface area contributed by atoms with E-state index in [1.54, 1.807) is 0 Å². The third-order valence-corrected chi connectivity index (χ3v) is 4.48. The normalized spacial score (nSPS) is 21.1. The molecule has 1 aliphatic rings. The van der Waals surface area contributed by atoms with E-state index >= 15 is 0 Å². The van der Waals surface area contributed by atoms with Gasteiger partial charge >= 0.3 is 0 Å². The molecule has 0 saturated carbocycles. The van der Waals surface area contributed by atoms with Crippen molar-refractivity contribution < 1.29 is 14.3 Å².